The van der Waals surface area contributed by atoms with E-state index in [-0.39, 0.29) is 0 Å². The Hall–Kier alpha value is 0.0700. The van der Waals surface area contributed by atoms with Crippen LogP contribution in [0, 0.1) is 12.3 Å². The molecular weight excluding hydrogens is 284 g/mol. The van der Waals surface area contributed by atoms with Crippen LogP contribution in [0.25, 0.3) is 0 Å². The third-order valence-electron chi connectivity index (χ3n) is 3.40. The summed E-state index contributed by atoms with van der Waals surface area (Å²) in [5.41, 5.74) is 1.76. The number of hydrogen-bond donors (Lipinski definition) is 0. The number of aromatic nitrogens is 1. The number of hydrogen-bond acceptors (Lipinski definition) is 3. The van der Waals surface area contributed by atoms with E-state index in [1.165, 1.54) is 36.5 Å². The van der Waals surface area contributed by atoms with Gasteiger partial charge < -0.3 is 0 Å². The van der Waals surface area contributed by atoms with Crippen molar-refractivity contribution in [3.63, 3.8) is 0 Å². The van der Waals surface area contributed by atoms with Crippen LogP contribution in [0.1, 0.15) is 30.0 Å². The van der Waals surface area contributed by atoms with E-state index in [4.69, 9.17) is 0 Å². The third-order valence-corrected chi connectivity index (χ3v) is 5.41. The number of alkyl halides is 1. The molecule has 0 atom stereocenters. The average Bonchev–Trinajstić information content (AvgIpc) is 2.57. The summed E-state index contributed by atoms with van der Waals surface area (Å²) in [4.78, 5) is 6.93. The first kappa shape index (κ1) is 12.5. The molecule has 16 heavy (non-hydrogen) atoms. The lowest BCUT2D eigenvalue weighted by atomic mass is 9.70. The normalized spacial score (nSPS) is 18.8. The fraction of sp³-hybridized carbons (Fsp3) is 0.750. The lowest BCUT2D eigenvalue weighted by molar-refractivity contribution is 0.102. The molecule has 90 valence electrons. The Bertz CT molecular complexity index is 341. The van der Waals surface area contributed by atoms with Gasteiger partial charge in [0.15, 0.2) is 0 Å². The molecule has 4 heteroatoms. The number of halogens is 1. The highest BCUT2D eigenvalue weighted by Crippen LogP contribution is 2.42. The summed E-state index contributed by atoms with van der Waals surface area (Å²) in [5, 5.41) is 4.48. The first-order chi connectivity index (χ1) is 7.63. The van der Waals surface area contributed by atoms with Gasteiger partial charge in [0.05, 0.1) is 10.7 Å². The Morgan fingerprint density at radius 3 is 2.75 bits per heavy atom. The summed E-state index contributed by atoms with van der Waals surface area (Å²) in [6.45, 7) is 4.24. The van der Waals surface area contributed by atoms with E-state index >= 15 is 0 Å². The lowest BCUT2D eigenvalue weighted by Gasteiger charge is -2.43. The summed E-state index contributed by atoms with van der Waals surface area (Å²) in [5.74, 6) is 0. The minimum Gasteiger partial charge on any atom is -0.300 e. The summed E-state index contributed by atoms with van der Waals surface area (Å²) in [6, 6.07) is 0. The van der Waals surface area contributed by atoms with E-state index in [1.807, 2.05) is 0 Å². The van der Waals surface area contributed by atoms with Gasteiger partial charge in [-0.2, -0.15) is 0 Å². The Balaban J connectivity index is 1.86. The molecule has 2 rings (SSSR count). The van der Waals surface area contributed by atoms with Gasteiger partial charge in [0.1, 0.15) is 0 Å². The molecule has 0 unspecified atom stereocenters. The Kier molecular flexibility index (Phi) is 4.03. The topological polar surface area (TPSA) is 16.1 Å². The van der Waals surface area contributed by atoms with Crippen molar-refractivity contribution >= 4 is 27.3 Å². The van der Waals surface area contributed by atoms with Gasteiger partial charge >= 0.3 is 0 Å². The molecule has 1 aliphatic carbocycles. The zero-order valence-electron chi connectivity index (χ0n) is 10.0. The number of nitrogens with zero attached hydrogens (tertiary/aromatic N) is 2. The van der Waals surface area contributed by atoms with E-state index in [0.29, 0.717) is 5.41 Å². The third kappa shape index (κ3) is 2.84. The fourth-order valence-electron chi connectivity index (χ4n) is 2.40. The monoisotopic (exact) mass is 302 g/mol. The summed E-state index contributed by atoms with van der Waals surface area (Å²) in [6.07, 6.45) is 4.15. The van der Waals surface area contributed by atoms with Crippen LogP contribution >= 0.6 is 27.3 Å². The quantitative estimate of drug-likeness (QED) is 0.775. The zero-order chi connectivity index (χ0) is 11.6. The predicted molar refractivity (Wildman–Crippen MR) is 73.3 cm³/mol. The maximum Gasteiger partial charge on any atom is 0.0897 e. The van der Waals surface area contributed by atoms with Gasteiger partial charge in [0, 0.05) is 23.8 Å². The molecular formula is C12H19BrN2S. The Labute approximate surface area is 110 Å². The molecule has 0 spiro atoms. The highest BCUT2D eigenvalue weighted by Gasteiger charge is 2.36. The van der Waals surface area contributed by atoms with Gasteiger partial charge in [-0.25, -0.2) is 4.98 Å². The van der Waals surface area contributed by atoms with Gasteiger partial charge in [-0.15, -0.1) is 11.3 Å². The van der Waals surface area contributed by atoms with Crippen molar-refractivity contribution in [1.29, 1.82) is 0 Å². The summed E-state index contributed by atoms with van der Waals surface area (Å²) in [7, 11) is 2.21. The zero-order valence-corrected chi connectivity index (χ0v) is 12.4. The van der Waals surface area contributed by atoms with Crippen molar-refractivity contribution in [3.8, 4) is 0 Å². The maximum atomic E-state index is 4.52. The molecule has 1 aromatic heterocycles. The Morgan fingerprint density at radius 1 is 1.56 bits per heavy atom. The van der Waals surface area contributed by atoms with Crippen molar-refractivity contribution in [2.24, 2.45) is 5.41 Å². The minimum atomic E-state index is 0.541. The van der Waals surface area contributed by atoms with Crippen molar-refractivity contribution in [1.82, 2.24) is 9.88 Å². The van der Waals surface area contributed by atoms with Crippen LogP contribution < -0.4 is 0 Å². The van der Waals surface area contributed by atoms with Crippen molar-refractivity contribution < 1.29 is 0 Å². The molecule has 0 aliphatic heterocycles. The van der Waals surface area contributed by atoms with E-state index in [1.54, 1.807) is 11.3 Å². The second-order valence-electron chi connectivity index (χ2n) is 5.02. The van der Waals surface area contributed by atoms with Crippen LogP contribution in [-0.2, 0) is 6.54 Å². The molecule has 1 fully saturated rings. The van der Waals surface area contributed by atoms with Gasteiger partial charge in [-0.1, -0.05) is 22.4 Å². The largest absolute Gasteiger partial charge is 0.300 e. The average molecular weight is 303 g/mol. The van der Waals surface area contributed by atoms with Crippen molar-refractivity contribution in [3.05, 3.63) is 16.1 Å². The molecule has 0 aromatic carbocycles. The first-order valence-electron chi connectivity index (χ1n) is 5.79. The molecule has 0 N–H and O–H groups in total. The van der Waals surface area contributed by atoms with E-state index in [2.05, 4.69) is 45.2 Å². The lowest BCUT2D eigenvalue weighted by Crippen LogP contribution is -2.41. The smallest absolute Gasteiger partial charge is 0.0897 e. The van der Waals surface area contributed by atoms with Crippen LogP contribution in [-0.4, -0.2) is 28.8 Å². The van der Waals surface area contributed by atoms with Gasteiger partial charge in [0.2, 0.25) is 0 Å². The van der Waals surface area contributed by atoms with Gasteiger partial charge in [-0.3, -0.25) is 4.90 Å². The Morgan fingerprint density at radius 2 is 2.31 bits per heavy atom. The highest BCUT2D eigenvalue weighted by atomic mass is 79.9. The molecule has 1 saturated carbocycles. The maximum absolute atomic E-state index is 4.52. The SMILES string of the molecule is Cc1nc(CN(C)CC2(CBr)CCC2)cs1. The van der Waals surface area contributed by atoms with Crippen LogP contribution in [0.3, 0.4) is 0 Å². The van der Waals surface area contributed by atoms with Gasteiger partial charge in [0.25, 0.3) is 0 Å². The summed E-state index contributed by atoms with van der Waals surface area (Å²) >= 11 is 5.40. The summed E-state index contributed by atoms with van der Waals surface area (Å²) < 4.78 is 0. The standard InChI is InChI=1S/C12H19BrN2S/c1-10-14-11(7-16-10)6-15(2)9-12(8-13)4-3-5-12/h7H,3-6,8-9H2,1-2H3. The van der Waals surface area contributed by atoms with Crippen molar-refractivity contribution in [2.45, 2.75) is 32.7 Å². The molecule has 0 saturated heterocycles. The second-order valence-corrected chi connectivity index (χ2v) is 6.64. The van der Waals surface area contributed by atoms with Crippen molar-refractivity contribution in [2.75, 3.05) is 18.9 Å². The predicted octanol–water partition coefficient (Wildman–Crippen LogP) is 3.45. The molecule has 1 heterocycles. The fourth-order valence-corrected chi connectivity index (χ4v) is 3.74. The van der Waals surface area contributed by atoms with Crippen LogP contribution in [0.5, 0.6) is 0 Å². The number of rotatable bonds is 5. The number of thiazole rings is 1. The molecule has 0 radical (unpaired) electrons. The van der Waals surface area contributed by atoms with E-state index in [9.17, 15) is 0 Å². The molecule has 2 nitrogen and oxygen atoms in total. The van der Waals surface area contributed by atoms with Crippen LogP contribution in [0.2, 0.25) is 0 Å². The molecule has 0 bridgehead atoms. The van der Waals surface area contributed by atoms with Crippen LogP contribution in [0.4, 0.5) is 0 Å². The first-order valence-corrected chi connectivity index (χ1v) is 7.79. The van der Waals surface area contributed by atoms with Gasteiger partial charge in [-0.05, 0) is 32.2 Å². The number of aryl methyl sites for hydroxylation is 1. The highest BCUT2D eigenvalue weighted by molar-refractivity contribution is 9.09. The molecule has 1 aliphatic rings. The molecule has 0 amide bonds. The van der Waals surface area contributed by atoms with E-state index in [0.717, 1.165) is 11.9 Å². The van der Waals surface area contributed by atoms with E-state index < -0.39 is 0 Å². The molecule has 1 aromatic rings. The second kappa shape index (κ2) is 5.15. The van der Waals surface area contributed by atoms with Crippen LogP contribution in [0.15, 0.2) is 5.38 Å². The minimum absolute atomic E-state index is 0.541.